The molecule has 5 rings (SSSR count). The second-order valence-corrected chi connectivity index (χ2v) is 12.6. The molecule has 0 saturated heterocycles. The van der Waals surface area contributed by atoms with E-state index < -0.39 is 15.4 Å². The van der Waals surface area contributed by atoms with Crippen LogP contribution in [-0.4, -0.2) is 48.1 Å². The fourth-order valence-corrected chi connectivity index (χ4v) is 5.99. The van der Waals surface area contributed by atoms with Gasteiger partial charge in [0.25, 0.3) is 0 Å². The Kier molecular flexibility index (Phi) is 9.20. The molecule has 2 aromatic heterocycles. The van der Waals surface area contributed by atoms with Crippen molar-refractivity contribution in [3.05, 3.63) is 95.5 Å². The maximum absolute atomic E-state index is 13.5. The van der Waals surface area contributed by atoms with Crippen molar-refractivity contribution >= 4 is 43.8 Å². The summed E-state index contributed by atoms with van der Waals surface area (Å²) in [5, 5.41) is 4.36. The van der Waals surface area contributed by atoms with Crippen LogP contribution >= 0.6 is 11.6 Å². The first-order valence-electron chi connectivity index (χ1n) is 13.4. The molecule has 42 heavy (non-hydrogen) atoms. The fraction of sp³-hybridized carbons (Fsp3) is 0.300. The van der Waals surface area contributed by atoms with E-state index in [4.69, 9.17) is 25.8 Å². The number of fused-ring (bicyclic) bond motifs is 1. The topological polar surface area (TPSA) is 113 Å². The normalized spacial score (nSPS) is 16.5. The Morgan fingerprint density at radius 3 is 2.76 bits per heavy atom. The Balaban J connectivity index is 1.32. The number of nitrogens with one attached hydrogen (secondary N) is 1. The van der Waals surface area contributed by atoms with Crippen molar-refractivity contribution in [3.63, 3.8) is 0 Å². The Morgan fingerprint density at radius 2 is 2.00 bits per heavy atom. The number of nitrogens with zero attached hydrogens (tertiary/aromatic N) is 3. The molecule has 12 heteroatoms. The molecule has 0 spiro atoms. The lowest BCUT2D eigenvalue weighted by Gasteiger charge is -2.28. The number of benzene rings is 2. The quantitative estimate of drug-likeness (QED) is 0.179. The van der Waals surface area contributed by atoms with E-state index in [1.807, 2.05) is 19.1 Å². The summed E-state index contributed by atoms with van der Waals surface area (Å²) in [5.74, 6) is 0.748. The zero-order valence-corrected chi connectivity index (χ0v) is 24.5. The summed E-state index contributed by atoms with van der Waals surface area (Å²) < 4.78 is 55.2. The van der Waals surface area contributed by atoms with Crippen LogP contribution in [0.4, 0.5) is 15.9 Å². The monoisotopic (exact) mass is 612 g/mol. The summed E-state index contributed by atoms with van der Waals surface area (Å²) >= 11 is 6.49. The van der Waals surface area contributed by atoms with Gasteiger partial charge in [0.15, 0.2) is 15.4 Å². The molecule has 4 aromatic rings. The van der Waals surface area contributed by atoms with E-state index in [1.54, 1.807) is 42.8 Å². The molecular weight excluding hydrogens is 583 g/mol. The van der Waals surface area contributed by atoms with Gasteiger partial charge in [-0.15, -0.1) is 0 Å². The van der Waals surface area contributed by atoms with Crippen LogP contribution < -0.4 is 10.1 Å². The molecule has 0 fully saturated rings. The average molecular weight is 613 g/mol. The number of halogens is 2. The Bertz CT molecular complexity index is 1690. The molecule has 1 unspecified atom stereocenters. The first-order valence-corrected chi connectivity index (χ1v) is 15.6. The smallest absolute Gasteiger partial charge is 0.176 e. The van der Waals surface area contributed by atoms with Gasteiger partial charge in [-0.05, 0) is 54.5 Å². The summed E-state index contributed by atoms with van der Waals surface area (Å²) in [6.07, 6.45) is 7.64. The van der Waals surface area contributed by atoms with Crippen molar-refractivity contribution in [1.82, 2.24) is 15.0 Å². The first-order chi connectivity index (χ1) is 20.3. The van der Waals surface area contributed by atoms with Crippen molar-refractivity contribution in [2.45, 2.75) is 32.0 Å². The Morgan fingerprint density at radius 1 is 1.12 bits per heavy atom. The highest BCUT2D eigenvalue weighted by molar-refractivity contribution is 7.91. The number of sulfone groups is 1. The van der Waals surface area contributed by atoms with Crippen molar-refractivity contribution in [2.24, 2.45) is 0 Å². The molecule has 0 saturated carbocycles. The Labute approximate surface area is 248 Å². The minimum Gasteiger partial charge on any atom is -0.487 e. The van der Waals surface area contributed by atoms with Gasteiger partial charge < -0.3 is 19.5 Å². The number of ether oxygens (including phenoxy) is 3. The maximum atomic E-state index is 13.5. The van der Waals surface area contributed by atoms with E-state index in [1.165, 1.54) is 18.5 Å². The zero-order chi connectivity index (χ0) is 29.6. The molecule has 1 aliphatic rings. The molecule has 0 bridgehead atoms. The number of anilines is 2. The lowest BCUT2D eigenvalue weighted by Crippen LogP contribution is -2.33. The molecule has 1 aliphatic heterocycles. The van der Waals surface area contributed by atoms with Crippen molar-refractivity contribution in [3.8, 4) is 5.75 Å². The third kappa shape index (κ3) is 7.15. The summed E-state index contributed by atoms with van der Waals surface area (Å²) in [7, 11) is -3.15. The number of hydrogen-bond donors (Lipinski definition) is 1. The van der Waals surface area contributed by atoms with Gasteiger partial charge in [-0.2, -0.15) is 0 Å². The Hall–Kier alpha value is -3.80. The van der Waals surface area contributed by atoms with Gasteiger partial charge >= 0.3 is 0 Å². The van der Waals surface area contributed by atoms with Crippen LogP contribution in [0.3, 0.4) is 0 Å². The van der Waals surface area contributed by atoms with Crippen molar-refractivity contribution < 1.29 is 27.0 Å². The van der Waals surface area contributed by atoms with Crippen LogP contribution in [0.1, 0.15) is 31.0 Å². The number of pyridine rings is 1. The zero-order valence-electron chi connectivity index (χ0n) is 22.9. The van der Waals surface area contributed by atoms with Crippen molar-refractivity contribution in [1.29, 1.82) is 0 Å². The molecule has 3 heterocycles. The fourth-order valence-electron chi connectivity index (χ4n) is 4.56. The minimum atomic E-state index is -3.15. The predicted molar refractivity (Wildman–Crippen MR) is 159 cm³/mol. The van der Waals surface area contributed by atoms with Crippen LogP contribution in [0.25, 0.3) is 10.9 Å². The third-order valence-electron chi connectivity index (χ3n) is 6.69. The van der Waals surface area contributed by atoms with Crippen LogP contribution in [0.15, 0.2) is 73.4 Å². The van der Waals surface area contributed by atoms with E-state index in [-0.39, 0.29) is 37.1 Å². The van der Waals surface area contributed by atoms with Gasteiger partial charge in [0, 0.05) is 23.2 Å². The molecule has 220 valence electrons. The van der Waals surface area contributed by atoms with E-state index in [0.29, 0.717) is 57.3 Å². The van der Waals surface area contributed by atoms with Crippen LogP contribution in [0.2, 0.25) is 5.02 Å². The molecule has 2 aromatic carbocycles. The molecule has 9 nitrogen and oxygen atoms in total. The van der Waals surface area contributed by atoms with Crippen molar-refractivity contribution in [2.75, 3.05) is 30.0 Å². The summed E-state index contributed by atoms with van der Waals surface area (Å²) in [4.78, 5) is 13.4. The lowest BCUT2D eigenvalue weighted by molar-refractivity contribution is -0.0446. The second kappa shape index (κ2) is 13.0. The van der Waals surface area contributed by atoms with Crippen LogP contribution in [-0.2, 0) is 31.5 Å². The highest BCUT2D eigenvalue weighted by atomic mass is 35.5. The minimum absolute atomic E-state index is 0.0470. The van der Waals surface area contributed by atoms with Crippen LogP contribution in [0, 0.1) is 5.82 Å². The lowest BCUT2D eigenvalue weighted by atomic mass is 9.96. The summed E-state index contributed by atoms with van der Waals surface area (Å²) in [5.41, 5.74) is 1.68. The second-order valence-electron chi connectivity index (χ2n) is 9.89. The summed E-state index contributed by atoms with van der Waals surface area (Å²) in [6, 6.07) is 13.3. The standard InChI is InChI=1S/C30H30ClFN4O5S/c1-2-12-42(37,38)13-11-39-19-30(9-4-10-41-30)28-16-24-26(17-33-28)34-20-35-29(24)36-23-7-8-27(25(31)15-23)40-18-21-5-3-6-22(32)14-21/h3-8,10,14-17,20H,2,9,11-13,18-19H2,1H3,(H,34,35,36). The number of rotatable bonds is 13. The van der Waals surface area contributed by atoms with Gasteiger partial charge in [-0.3, -0.25) is 4.98 Å². The highest BCUT2D eigenvalue weighted by Gasteiger charge is 2.38. The molecular formula is C30H30ClFN4O5S. The van der Waals surface area contributed by atoms with E-state index in [0.717, 1.165) is 0 Å². The number of aromatic nitrogens is 3. The summed E-state index contributed by atoms with van der Waals surface area (Å²) in [6.45, 7) is 2.20. The van der Waals surface area contributed by atoms with E-state index >= 15 is 0 Å². The first kappa shape index (κ1) is 29.7. The SMILES string of the molecule is CCCS(=O)(=O)CCOCC1(c2cc3c(Nc4ccc(OCc5cccc(F)c5)c(Cl)c4)ncnc3cn2)CC=CO1. The average Bonchev–Trinajstić information content (AvgIpc) is 3.45. The molecule has 0 aliphatic carbocycles. The molecule has 0 radical (unpaired) electrons. The molecule has 1 N–H and O–H groups in total. The van der Waals surface area contributed by atoms with Gasteiger partial charge in [-0.1, -0.05) is 30.7 Å². The van der Waals surface area contributed by atoms with E-state index in [9.17, 15) is 12.8 Å². The van der Waals surface area contributed by atoms with Crippen LogP contribution in [0.5, 0.6) is 5.75 Å². The largest absolute Gasteiger partial charge is 0.487 e. The van der Waals surface area contributed by atoms with Gasteiger partial charge in [0.2, 0.25) is 0 Å². The van der Waals surface area contributed by atoms with Gasteiger partial charge in [0.1, 0.15) is 30.3 Å². The van der Waals surface area contributed by atoms with Gasteiger partial charge in [0.05, 0.1) is 47.7 Å². The molecule has 0 amide bonds. The highest BCUT2D eigenvalue weighted by Crippen LogP contribution is 2.36. The predicted octanol–water partition coefficient (Wildman–Crippen LogP) is 6.11. The number of hydrogen-bond acceptors (Lipinski definition) is 9. The third-order valence-corrected chi connectivity index (χ3v) is 8.81. The van der Waals surface area contributed by atoms with Gasteiger partial charge in [-0.25, -0.2) is 22.8 Å². The maximum Gasteiger partial charge on any atom is 0.176 e. The molecule has 1 atom stereocenters. The van der Waals surface area contributed by atoms with E-state index in [2.05, 4.69) is 20.3 Å².